The Hall–Kier alpha value is -7.10. The van der Waals surface area contributed by atoms with Gasteiger partial charge in [-0.25, -0.2) is 4.98 Å². The Labute approximate surface area is 306 Å². The molecule has 0 saturated carbocycles. The van der Waals surface area contributed by atoms with E-state index in [9.17, 15) is 0 Å². The average Bonchev–Trinajstić information content (AvgIpc) is 3.58. The van der Waals surface area contributed by atoms with Gasteiger partial charge in [0.2, 0.25) is 0 Å². The fraction of sp³-hybridized carbons (Fsp3) is 0. The Bertz CT molecular complexity index is 3150. The molecule has 2 aromatic heterocycles. The van der Waals surface area contributed by atoms with Crippen molar-refractivity contribution < 1.29 is 0 Å². The third kappa shape index (κ3) is 4.61. The first-order chi connectivity index (χ1) is 26.3. The van der Waals surface area contributed by atoms with Crippen molar-refractivity contribution >= 4 is 65.2 Å². The third-order valence-electron chi connectivity index (χ3n) is 10.8. The number of nitrogens with zero attached hydrogens (tertiary/aromatic N) is 3. The highest BCUT2D eigenvalue weighted by molar-refractivity contribution is 6.23. The Kier molecular flexibility index (Phi) is 6.55. The molecule has 246 valence electrons. The lowest BCUT2D eigenvalue weighted by Crippen LogP contribution is -1.94. The quantitative estimate of drug-likeness (QED) is 0.174. The highest BCUT2D eigenvalue weighted by atomic mass is 15.0. The lowest BCUT2D eigenvalue weighted by Gasteiger charge is -2.15. The summed E-state index contributed by atoms with van der Waals surface area (Å²) in [6.07, 6.45) is 1.92. The second kappa shape index (κ2) is 11.7. The van der Waals surface area contributed by atoms with Crippen LogP contribution in [0, 0.1) is 0 Å². The third-order valence-corrected chi connectivity index (χ3v) is 10.8. The van der Waals surface area contributed by atoms with Crippen molar-refractivity contribution in [2.75, 3.05) is 0 Å². The van der Waals surface area contributed by atoms with Crippen molar-refractivity contribution in [3.8, 4) is 39.2 Å². The van der Waals surface area contributed by atoms with Crippen LogP contribution < -0.4 is 0 Å². The molecule has 0 unspecified atom stereocenters. The zero-order valence-corrected chi connectivity index (χ0v) is 28.7. The number of fused-ring (bicyclic) bond motifs is 10. The fourth-order valence-corrected chi connectivity index (χ4v) is 8.42. The number of benzene rings is 9. The molecule has 0 saturated heterocycles. The predicted molar refractivity (Wildman–Crippen MR) is 223 cm³/mol. The van der Waals surface area contributed by atoms with Crippen LogP contribution in [-0.4, -0.2) is 14.5 Å². The predicted octanol–water partition coefficient (Wildman–Crippen LogP) is 13.2. The van der Waals surface area contributed by atoms with E-state index in [0.717, 1.165) is 44.3 Å². The second-order valence-electron chi connectivity index (χ2n) is 13.8. The molecule has 0 radical (unpaired) electrons. The Morgan fingerprint density at radius 2 is 0.811 bits per heavy atom. The van der Waals surface area contributed by atoms with Gasteiger partial charge in [-0.2, -0.15) is 0 Å². The van der Waals surface area contributed by atoms with E-state index in [1.165, 1.54) is 60.0 Å². The lowest BCUT2D eigenvalue weighted by molar-refractivity contribution is 1.18. The SMILES string of the molecule is c1cc(-c2cnc3c4ccccc4c4ccccc4c3n2)cc(-c2ccc(-c3cccc(-n4c5ccccc5c5ccccc54)c3)c3ccccc23)c1. The molecule has 2 heterocycles. The summed E-state index contributed by atoms with van der Waals surface area (Å²) in [6, 6.07) is 65.4. The van der Waals surface area contributed by atoms with Crippen molar-refractivity contribution in [3.63, 3.8) is 0 Å². The van der Waals surface area contributed by atoms with Crippen molar-refractivity contribution in [2.24, 2.45) is 0 Å². The number of aromatic nitrogens is 3. The summed E-state index contributed by atoms with van der Waals surface area (Å²) in [6.45, 7) is 0. The summed E-state index contributed by atoms with van der Waals surface area (Å²) in [7, 11) is 0. The summed E-state index contributed by atoms with van der Waals surface area (Å²) in [4.78, 5) is 10.3. The maximum atomic E-state index is 5.28. The molecule has 0 fully saturated rings. The molecule has 3 heteroatoms. The summed E-state index contributed by atoms with van der Waals surface area (Å²) < 4.78 is 2.39. The van der Waals surface area contributed by atoms with Crippen LogP contribution in [0.25, 0.3) is 104 Å². The number of rotatable bonds is 4. The summed E-state index contributed by atoms with van der Waals surface area (Å²) in [5.41, 5.74) is 12.1. The van der Waals surface area contributed by atoms with Crippen LogP contribution in [0.3, 0.4) is 0 Å². The summed E-state index contributed by atoms with van der Waals surface area (Å²) in [5.74, 6) is 0. The van der Waals surface area contributed by atoms with Gasteiger partial charge in [-0.05, 0) is 74.1 Å². The first-order valence-electron chi connectivity index (χ1n) is 18.1. The van der Waals surface area contributed by atoms with Crippen LogP contribution in [0.2, 0.25) is 0 Å². The van der Waals surface area contributed by atoms with E-state index >= 15 is 0 Å². The fourth-order valence-electron chi connectivity index (χ4n) is 8.42. The standard InChI is InChI=1S/C50H31N3/c1-2-18-39-37(33-14-12-16-35(30-33)53-47-25-9-7-21-42(47)43-22-8-10-26-48(43)53)28-27-36(38(39)17-1)32-13-11-15-34(29-32)46-31-51-49-44-23-5-3-19-40(44)41-20-4-6-24-45(41)50(49)52-46/h1-31H. The zero-order valence-electron chi connectivity index (χ0n) is 28.7. The smallest absolute Gasteiger partial charge is 0.0979 e. The average molecular weight is 674 g/mol. The largest absolute Gasteiger partial charge is 0.309 e. The van der Waals surface area contributed by atoms with E-state index in [0.29, 0.717) is 0 Å². The van der Waals surface area contributed by atoms with Crippen LogP contribution >= 0.6 is 0 Å². The van der Waals surface area contributed by atoms with Gasteiger partial charge in [-0.3, -0.25) is 4.98 Å². The van der Waals surface area contributed by atoms with E-state index in [1.54, 1.807) is 0 Å². The zero-order chi connectivity index (χ0) is 34.9. The first-order valence-corrected chi connectivity index (χ1v) is 18.1. The molecule has 0 aliphatic carbocycles. The summed E-state index contributed by atoms with van der Waals surface area (Å²) in [5, 5.41) is 9.61. The Morgan fingerprint density at radius 1 is 0.340 bits per heavy atom. The van der Waals surface area contributed by atoms with Crippen LogP contribution in [0.1, 0.15) is 0 Å². The van der Waals surface area contributed by atoms with Crippen LogP contribution in [0.5, 0.6) is 0 Å². The molecule has 53 heavy (non-hydrogen) atoms. The Balaban J connectivity index is 1.03. The van der Waals surface area contributed by atoms with E-state index < -0.39 is 0 Å². The van der Waals surface area contributed by atoms with Crippen LogP contribution in [0.15, 0.2) is 188 Å². The minimum Gasteiger partial charge on any atom is -0.309 e. The van der Waals surface area contributed by atoms with Crippen LogP contribution in [-0.2, 0) is 0 Å². The van der Waals surface area contributed by atoms with Crippen molar-refractivity contribution in [1.82, 2.24) is 14.5 Å². The van der Waals surface area contributed by atoms with Gasteiger partial charge in [-0.15, -0.1) is 0 Å². The maximum Gasteiger partial charge on any atom is 0.0979 e. The molecule has 0 amide bonds. The minimum atomic E-state index is 0.864. The van der Waals surface area contributed by atoms with E-state index in [2.05, 4.69) is 187 Å². The topological polar surface area (TPSA) is 30.7 Å². The molecular formula is C50H31N3. The molecule has 0 N–H and O–H groups in total. The maximum absolute atomic E-state index is 5.28. The highest BCUT2D eigenvalue weighted by Crippen LogP contribution is 2.39. The number of para-hydroxylation sites is 2. The van der Waals surface area contributed by atoms with Crippen molar-refractivity contribution in [1.29, 1.82) is 0 Å². The van der Waals surface area contributed by atoms with E-state index in [-0.39, 0.29) is 0 Å². The molecule has 11 rings (SSSR count). The van der Waals surface area contributed by atoms with Gasteiger partial charge in [0.25, 0.3) is 0 Å². The molecule has 0 atom stereocenters. The van der Waals surface area contributed by atoms with Crippen molar-refractivity contribution in [3.05, 3.63) is 188 Å². The number of hydrogen-bond acceptors (Lipinski definition) is 2. The van der Waals surface area contributed by atoms with Crippen molar-refractivity contribution in [2.45, 2.75) is 0 Å². The molecule has 9 aromatic carbocycles. The van der Waals surface area contributed by atoms with Gasteiger partial charge in [0, 0.05) is 32.8 Å². The Morgan fingerprint density at radius 3 is 1.43 bits per heavy atom. The van der Waals surface area contributed by atoms with Gasteiger partial charge in [0.15, 0.2) is 0 Å². The molecular weight excluding hydrogens is 643 g/mol. The van der Waals surface area contributed by atoms with Gasteiger partial charge in [-0.1, -0.05) is 152 Å². The van der Waals surface area contributed by atoms with Gasteiger partial charge < -0.3 is 4.57 Å². The van der Waals surface area contributed by atoms with Gasteiger partial charge >= 0.3 is 0 Å². The lowest BCUT2D eigenvalue weighted by atomic mass is 9.91. The normalized spacial score (nSPS) is 11.8. The molecule has 0 aliphatic heterocycles. The molecule has 0 spiro atoms. The monoisotopic (exact) mass is 673 g/mol. The van der Waals surface area contributed by atoms with E-state index in [4.69, 9.17) is 9.97 Å². The molecule has 0 bridgehead atoms. The second-order valence-corrected chi connectivity index (χ2v) is 13.8. The molecule has 3 nitrogen and oxygen atoms in total. The van der Waals surface area contributed by atoms with Gasteiger partial charge in [0.05, 0.1) is 34.0 Å². The molecule has 11 aromatic rings. The minimum absolute atomic E-state index is 0.864. The highest BCUT2D eigenvalue weighted by Gasteiger charge is 2.16. The summed E-state index contributed by atoms with van der Waals surface area (Å²) >= 11 is 0. The van der Waals surface area contributed by atoms with Crippen LogP contribution in [0.4, 0.5) is 0 Å². The van der Waals surface area contributed by atoms with Gasteiger partial charge in [0.1, 0.15) is 0 Å². The first kappa shape index (κ1) is 29.6. The number of hydrogen-bond donors (Lipinski definition) is 0. The van der Waals surface area contributed by atoms with E-state index in [1.807, 2.05) is 6.20 Å². The molecule has 0 aliphatic rings.